The van der Waals surface area contributed by atoms with Crippen LogP contribution in [0, 0.1) is 0 Å². The summed E-state index contributed by atoms with van der Waals surface area (Å²) in [6, 6.07) is -0.0155. The van der Waals surface area contributed by atoms with Gasteiger partial charge in [-0.3, -0.25) is 4.79 Å². The molecule has 0 aliphatic heterocycles. The molecule has 13 heavy (non-hydrogen) atoms. The van der Waals surface area contributed by atoms with Crippen LogP contribution in [0.15, 0.2) is 0 Å². The van der Waals surface area contributed by atoms with Crippen molar-refractivity contribution in [3.05, 3.63) is 0 Å². The van der Waals surface area contributed by atoms with E-state index in [0.29, 0.717) is 6.42 Å². The highest BCUT2D eigenvalue weighted by molar-refractivity contribution is 5.79. The summed E-state index contributed by atoms with van der Waals surface area (Å²) in [6.45, 7) is 4.10. The van der Waals surface area contributed by atoms with Crippen molar-refractivity contribution in [2.24, 2.45) is 5.73 Å². The average Bonchev–Trinajstić information content (AvgIpc) is 2.10. The lowest BCUT2D eigenvalue weighted by atomic mass is 10.1. The van der Waals surface area contributed by atoms with Crippen molar-refractivity contribution in [3.8, 4) is 0 Å². The van der Waals surface area contributed by atoms with Gasteiger partial charge in [-0.25, -0.2) is 0 Å². The van der Waals surface area contributed by atoms with E-state index in [1.54, 1.807) is 0 Å². The molecule has 2 unspecified atom stereocenters. The molecule has 0 bridgehead atoms. The number of nitrogens with two attached hydrogens (primary N) is 1. The number of nitrogens with one attached hydrogen (secondary N) is 1. The van der Waals surface area contributed by atoms with Crippen LogP contribution in [-0.4, -0.2) is 29.7 Å². The molecule has 0 aromatic rings. The maximum absolute atomic E-state index is 10.9. The summed E-state index contributed by atoms with van der Waals surface area (Å²) in [6.07, 6.45) is 2.32. The van der Waals surface area contributed by atoms with Gasteiger partial charge >= 0.3 is 0 Å². The number of aliphatic hydroxyl groups excluding tert-OH is 1. The predicted molar refractivity (Wildman–Crippen MR) is 52.2 cm³/mol. The highest BCUT2D eigenvalue weighted by Gasteiger charge is 2.14. The maximum Gasteiger partial charge on any atom is 0.234 e. The third kappa shape index (κ3) is 5.60. The summed E-state index contributed by atoms with van der Waals surface area (Å²) >= 11 is 0. The minimum absolute atomic E-state index is 0.194. The van der Waals surface area contributed by atoms with Crippen LogP contribution in [0.4, 0.5) is 0 Å². The molecule has 0 aliphatic rings. The Morgan fingerprint density at radius 3 is 2.62 bits per heavy atom. The molecule has 2 atom stereocenters. The zero-order valence-electron chi connectivity index (χ0n) is 8.42. The second-order valence-electron chi connectivity index (χ2n) is 3.30. The molecular weight excluding hydrogens is 168 g/mol. The molecule has 0 aromatic heterocycles. The minimum atomic E-state index is -0.307. The average molecular weight is 188 g/mol. The van der Waals surface area contributed by atoms with Crippen LogP contribution in [0.3, 0.4) is 0 Å². The van der Waals surface area contributed by atoms with E-state index in [0.717, 1.165) is 12.8 Å². The molecule has 78 valence electrons. The van der Waals surface area contributed by atoms with Gasteiger partial charge in [0.15, 0.2) is 0 Å². The number of hydrogen-bond donors (Lipinski definition) is 3. The van der Waals surface area contributed by atoms with Gasteiger partial charge < -0.3 is 16.2 Å². The first-order valence-electron chi connectivity index (χ1n) is 4.78. The van der Waals surface area contributed by atoms with E-state index < -0.39 is 0 Å². The number of carbonyl (C=O) groups is 1. The number of hydrogen-bond acceptors (Lipinski definition) is 3. The van der Waals surface area contributed by atoms with Gasteiger partial charge in [-0.1, -0.05) is 6.92 Å². The van der Waals surface area contributed by atoms with Crippen LogP contribution in [0.5, 0.6) is 0 Å². The Labute approximate surface area is 79.5 Å². The van der Waals surface area contributed by atoms with Gasteiger partial charge in [-0.05, 0) is 26.2 Å². The molecular formula is C9H20N2O2. The fourth-order valence-corrected chi connectivity index (χ4v) is 1.23. The highest BCUT2D eigenvalue weighted by atomic mass is 16.2. The summed E-state index contributed by atoms with van der Waals surface area (Å²) in [5.41, 5.74) is 5.17. The molecule has 0 spiro atoms. The second kappa shape index (κ2) is 6.86. The summed E-state index contributed by atoms with van der Waals surface area (Å²) < 4.78 is 0. The van der Waals surface area contributed by atoms with E-state index in [4.69, 9.17) is 10.8 Å². The molecule has 0 aromatic carbocycles. The largest absolute Gasteiger partial charge is 0.396 e. The number of rotatable bonds is 7. The molecule has 0 heterocycles. The van der Waals surface area contributed by atoms with E-state index in [1.165, 1.54) is 0 Å². The topological polar surface area (TPSA) is 75.3 Å². The van der Waals surface area contributed by atoms with Crippen molar-refractivity contribution >= 4 is 5.91 Å². The van der Waals surface area contributed by atoms with E-state index in [9.17, 15) is 4.79 Å². The van der Waals surface area contributed by atoms with Gasteiger partial charge in [0.25, 0.3) is 0 Å². The lowest BCUT2D eigenvalue weighted by Crippen LogP contribution is -2.45. The Balaban J connectivity index is 3.73. The standard InChI is InChI=1S/C9H20N2O2/c1-3-8(9(10)13)11-7(2)5-4-6-12/h7-8,11-12H,3-6H2,1-2H3,(H2,10,13). The lowest BCUT2D eigenvalue weighted by Gasteiger charge is -2.19. The molecule has 0 saturated carbocycles. The normalized spacial score (nSPS) is 15.3. The quantitative estimate of drug-likeness (QED) is 0.526. The predicted octanol–water partition coefficient (Wildman–Crippen LogP) is 0.000900. The zero-order chi connectivity index (χ0) is 10.3. The first-order chi connectivity index (χ1) is 6.11. The van der Waals surface area contributed by atoms with Crippen LogP contribution < -0.4 is 11.1 Å². The molecule has 4 N–H and O–H groups in total. The Bertz CT molecular complexity index is 151. The molecule has 0 rings (SSSR count). The van der Waals surface area contributed by atoms with Crippen LogP contribution >= 0.6 is 0 Å². The highest BCUT2D eigenvalue weighted by Crippen LogP contribution is 1.99. The number of amides is 1. The zero-order valence-corrected chi connectivity index (χ0v) is 8.42. The molecule has 0 fully saturated rings. The van der Waals surface area contributed by atoms with Crippen molar-refractivity contribution in [2.45, 2.75) is 45.2 Å². The van der Waals surface area contributed by atoms with Crippen LogP contribution in [0.1, 0.15) is 33.1 Å². The van der Waals surface area contributed by atoms with E-state index in [-0.39, 0.29) is 24.6 Å². The molecule has 0 radical (unpaired) electrons. The third-order valence-corrected chi connectivity index (χ3v) is 2.03. The molecule has 0 saturated heterocycles. The van der Waals surface area contributed by atoms with Crippen molar-refractivity contribution in [3.63, 3.8) is 0 Å². The molecule has 4 nitrogen and oxygen atoms in total. The molecule has 1 amide bonds. The van der Waals surface area contributed by atoms with Gasteiger partial charge in [-0.15, -0.1) is 0 Å². The number of aliphatic hydroxyl groups is 1. The first kappa shape index (κ1) is 12.4. The van der Waals surface area contributed by atoms with E-state index in [1.807, 2.05) is 13.8 Å². The fourth-order valence-electron chi connectivity index (χ4n) is 1.23. The van der Waals surface area contributed by atoms with Crippen molar-refractivity contribution in [1.29, 1.82) is 0 Å². The molecule has 4 heteroatoms. The Kier molecular flexibility index (Phi) is 6.54. The maximum atomic E-state index is 10.9. The third-order valence-electron chi connectivity index (χ3n) is 2.03. The smallest absolute Gasteiger partial charge is 0.234 e. The van der Waals surface area contributed by atoms with Crippen LogP contribution in [0.25, 0.3) is 0 Å². The fraction of sp³-hybridized carbons (Fsp3) is 0.889. The van der Waals surface area contributed by atoms with Crippen LogP contribution in [-0.2, 0) is 4.79 Å². The van der Waals surface area contributed by atoms with Gasteiger partial charge in [0.05, 0.1) is 6.04 Å². The van der Waals surface area contributed by atoms with Crippen molar-refractivity contribution in [1.82, 2.24) is 5.32 Å². The Hall–Kier alpha value is -0.610. The lowest BCUT2D eigenvalue weighted by molar-refractivity contribution is -0.120. The SMILES string of the molecule is CCC(NC(C)CCCO)C(N)=O. The summed E-state index contributed by atoms with van der Waals surface area (Å²) in [7, 11) is 0. The Morgan fingerprint density at radius 1 is 1.62 bits per heavy atom. The van der Waals surface area contributed by atoms with Gasteiger partial charge in [-0.2, -0.15) is 0 Å². The molecule has 0 aliphatic carbocycles. The van der Waals surface area contributed by atoms with Crippen LogP contribution in [0.2, 0.25) is 0 Å². The summed E-state index contributed by atoms with van der Waals surface area (Å²) in [4.78, 5) is 10.9. The monoisotopic (exact) mass is 188 g/mol. The summed E-state index contributed by atoms with van der Waals surface area (Å²) in [5.74, 6) is -0.307. The van der Waals surface area contributed by atoms with Crippen molar-refractivity contribution < 1.29 is 9.90 Å². The Morgan fingerprint density at radius 2 is 2.23 bits per heavy atom. The van der Waals surface area contributed by atoms with Gasteiger partial charge in [0.2, 0.25) is 5.91 Å². The van der Waals surface area contributed by atoms with Gasteiger partial charge in [0.1, 0.15) is 0 Å². The minimum Gasteiger partial charge on any atom is -0.396 e. The second-order valence-corrected chi connectivity index (χ2v) is 3.30. The van der Waals surface area contributed by atoms with Gasteiger partial charge in [0, 0.05) is 12.6 Å². The number of carbonyl (C=O) groups excluding carboxylic acids is 1. The van der Waals surface area contributed by atoms with E-state index in [2.05, 4.69) is 5.32 Å². The number of primary amides is 1. The first-order valence-corrected chi connectivity index (χ1v) is 4.78. The summed E-state index contributed by atoms with van der Waals surface area (Å²) in [5, 5.41) is 11.7. The van der Waals surface area contributed by atoms with Crippen molar-refractivity contribution in [2.75, 3.05) is 6.61 Å². The van der Waals surface area contributed by atoms with E-state index >= 15 is 0 Å².